The minimum Gasteiger partial charge on any atom is -0.425 e. The van der Waals surface area contributed by atoms with Crippen LogP contribution in [-0.4, -0.2) is 18.2 Å². The first-order valence-corrected chi connectivity index (χ1v) is 3.71. The Balaban J connectivity index is 4.07. The molecule has 13 heavy (non-hydrogen) atoms. The molecule has 0 amide bonds. The molecule has 0 bridgehead atoms. The zero-order chi connectivity index (χ0) is 10.3. The molecule has 0 N–H and O–H groups in total. The van der Waals surface area contributed by atoms with Gasteiger partial charge in [-0.2, -0.15) is 0 Å². The molecule has 0 aliphatic heterocycles. The first kappa shape index (κ1) is 11.4. The van der Waals surface area contributed by atoms with Crippen molar-refractivity contribution in [1.82, 2.24) is 0 Å². The number of hydrogen-bond acceptors (Lipinski definition) is 4. The monoisotopic (exact) mass is 184 g/mol. The van der Waals surface area contributed by atoms with Crippen molar-refractivity contribution in [1.29, 1.82) is 0 Å². The fraction of sp³-hybridized carbons (Fsp3) is 0.333. The van der Waals surface area contributed by atoms with Gasteiger partial charge in [-0.1, -0.05) is 12.7 Å². The van der Waals surface area contributed by atoms with E-state index < -0.39 is 18.2 Å². The lowest BCUT2D eigenvalue weighted by Gasteiger charge is -2.14. The molecular weight excluding hydrogens is 172 g/mol. The molecule has 0 fully saturated rings. The van der Waals surface area contributed by atoms with Crippen molar-refractivity contribution < 1.29 is 19.1 Å². The summed E-state index contributed by atoms with van der Waals surface area (Å²) in [7, 11) is 0. The van der Waals surface area contributed by atoms with Crippen LogP contribution < -0.4 is 0 Å². The van der Waals surface area contributed by atoms with Crippen molar-refractivity contribution in [2.24, 2.45) is 0 Å². The minimum absolute atomic E-state index is 0.263. The van der Waals surface area contributed by atoms with Crippen LogP contribution in [0, 0.1) is 0 Å². The van der Waals surface area contributed by atoms with Gasteiger partial charge in [0.05, 0.1) is 0 Å². The summed E-state index contributed by atoms with van der Waals surface area (Å²) in [6, 6.07) is 0. The van der Waals surface area contributed by atoms with Gasteiger partial charge in [0.15, 0.2) is 0 Å². The Morgan fingerprint density at radius 2 is 2.00 bits per heavy atom. The minimum atomic E-state index is -0.902. The average molecular weight is 184 g/mol. The highest BCUT2D eigenvalue weighted by molar-refractivity contribution is 5.81. The van der Waals surface area contributed by atoms with E-state index in [0.717, 1.165) is 6.08 Å². The topological polar surface area (TPSA) is 52.6 Å². The summed E-state index contributed by atoms with van der Waals surface area (Å²) in [4.78, 5) is 21.2. The van der Waals surface area contributed by atoms with Crippen molar-refractivity contribution in [2.45, 2.75) is 19.6 Å². The average Bonchev–Trinajstić information content (AvgIpc) is 2.03. The third-order valence-corrected chi connectivity index (χ3v) is 1.07. The summed E-state index contributed by atoms with van der Waals surface area (Å²) in [6.07, 6.45) is 1.85. The van der Waals surface area contributed by atoms with Gasteiger partial charge in [0.1, 0.15) is 0 Å². The lowest BCUT2D eigenvalue weighted by atomic mass is 10.4. The second-order valence-electron chi connectivity index (χ2n) is 2.20. The maximum absolute atomic E-state index is 10.7. The summed E-state index contributed by atoms with van der Waals surface area (Å²) >= 11 is 0. The van der Waals surface area contributed by atoms with Gasteiger partial charge in [-0.15, -0.1) is 6.58 Å². The van der Waals surface area contributed by atoms with Gasteiger partial charge in [-0.3, -0.25) is 4.79 Å². The van der Waals surface area contributed by atoms with Crippen molar-refractivity contribution in [2.75, 3.05) is 0 Å². The van der Waals surface area contributed by atoms with E-state index in [9.17, 15) is 9.59 Å². The van der Waals surface area contributed by atoms with Crippen molar-refractivity contribution >= 4 is 11.9 Å². The van der Waals surface area contributed by atoms with Crippen molar-refractivity contribution in [3.63, 3.8) is 0 Å². The fourth-order valence-electron chi connectivity index (χ4n) is 0.619. The van der Waals surface area contributed by atoms with Crippen LogP contribution in [0.2, 0.25) is 0 Å². The van der Waals surface area contributed by atoms with Crippen LogP contribution in [0.15, 0.2) is 25.3 Å². The highest BCUT2D eigenvalue weighted by Crippen LogP contribution is 2.02. The van der Waals surface area contributed by atoms with E-state index in [1.165, 1.54) is 13.0 Å². The Kier molecular flexibility index (Phi) is 5.27. The van der Waals surface area contributed by atoms with E-state index in [0.29, 0.717) is 0 Å². The number of carbonyl (C=O) groups is 2. The van der Waals surface area contributed by atoms with Crippen LogP contribution in [0.1, 0.15) is 13.3 Å². The van der Waals surface area contributed by atoms with Crippen molar-refractivity contribution in [3.05, 3.63) is 25.3 Å². The Morgan fingerprint density at radius 3 is 2.38 bits per heavy atom. The molecule has 4 heteroatoms. The van der Waals surface area contributed by atoms with Gasteiger partial charge in [-0.05, 0) is 0 Å². The zero-order valence-corrected chi connectivity index (χ0v) is 7.49. The Bertz CT molecular complexity index is 220. The lowest BCUT2D eigenvalue weighted by Crippen LogP contribution is -2.21. The number of rotatable bonds is 5. The van der Waals surface area contributed by atoms with E-state index in [2.05, 4.69) is 22.6 Å². The van der Waals surface area contributed by atoms with Crippen LogP contribution in [0.25, 0.3) is 0 Å². The van der Waals surface area contributed by atoms with Gasteiger partial charge in [0, 0.05) is 19.4 Å². The molecule has 0 aromatic heterocycles. The molecule has 1 atom stereocenters. The molecule has 1 unspecified atom stereocenters. The summed E-state index contributed by atoms with van der Waals surface area (Å²) in [5, 5.41) is 0. The van der Waals surface area contributed by atoms with Gasteiger partial charge in [0.25, 0.3) is 6.29 Å². The SMILES string of the molecule is C=CCC(OC(C)=O)OC(=O)C=C. The first-order valence-electron chi connectivity index (χ1n) is 3.71. The summed E-state index contributed by atoms with van der Waals surface area (Å²) in [5.41, 5.74) is 0. The molecule has 0 aromatic rings. The van der Waals surface area contributed by atoms with Crippen LogP contribution >= 0.6 is 0 Å². The molecule has 0 radical (unpaired) electrons. The number of hydrogen-bond donors (Lipinski definition) is 0. The van der Waals surface area contributed by atoms with Crippen LogP contribution in [-0.2, 0) is 19.1 Å². The third-order valence-electron chi connectivity index (χ3n) is 1.07. The third kappa shape index (κ3) is 5.66. The second-order valence-corrected chi connectivity index (χ2v) is 2.20. The van der Waals surface area contributed by atoms with Crippen LogP contribution in [0.5, 0.6) is 0 Å². The number of carbonyl (C=O) groups excluding carboxylic acids is 2. The summed E-state index contributed by atoms with van der Waals surface area (Å²) < 4.78 is 9.34. The molecule has 0 saturated carbocycles. The largest absolute Gasteiger partial charge is 0.425 e. The highest BCUT2D eigenvalue weighted by Gasteiger charge is 2.13. The van der Waals surface area contributed by atoms with E-state index >= 15 is 0 Å². The molecule has 4 nitrogen and oxygen atoms in total. The maximum Gasteiger partial charge on any atom is 0.333 e. The fourth-order valence-corrected chi connectivity index (χ4v) is 0.619. The molecule has 0 heterocycles. The van der Waals surface area contributed by atoms with Crippen LogP contribution in [0.4, 0.5) is 0 Å². The Labute approximate surface area is 76.8 Å². The predicted octanol–water partition coefficient (Wildman–Crippen LogP) is 1.18. The second kappa shape index (κ2) is 5.99. The summed E-state index contributed by atoms with van der Waals surface area (Å²) in [6.45, 7) is 7.88. The Hall–Kier alpha value is -1.58. The molecule has 0 saturated heterocycles. The number of ether oxygens (including phenoxy) is 2. The van der Waals surface area contributed by atoms with E-state index in [4.69, 9.17) is 0 Å². The number of esters is 2. The van der Waals surface area contributed by atoms with Crippen LogP contribution in [0.3, 0.4) is 0 Å². The standard InChI is InChI=1S/C9H12O4/c1-4-6-9(12-7(3)10)13-8(11)5-2/h4-5,9H,1-2,6H2,3H3. The highest BCUT2D eigenvalue weighted by atomic mass is 16.7. The van der Waals surface area contributed by atoms with E-state index in [-0.39, 0.29) is 6.42 Å². The van der Waals surface area contributed by atoms with Gasteiger partial charge in [-0.25, -0.2) is 4.79 Å². The first-order chi connectivity index (χ1) is 6.10. The molecule has 0 aliphatic carbocycles. The molecule has 0 spiro atoms. The molecule has 0 rings (SSSR count). The quantitative estimate of drug-likeness (QED) is 0.278. The molecule has 0 aliphatic rings. The predicted molar refractivity (Wildman–Crippen MR) is 46.7 cm³/mol. The van der Waals surface area contributed by atoms with Gasteiger partial charge >= 0.3 is 11.9 Å². The molecule has 72 valence electrons. The molecule has 0 aromatic carbocycles. The van der Waals surface area contributed by atoms with Gasteiger partial charge < -0.3 is 9.47 Å². The van der Waals surface area contributed by atoms with Gasteiger partial charge in [0.2, 0.25) is 0 Å². The molecular formula is C9H12O4. The van der Waals surface area contributed by atoms with Crippen molar-refractivity contribution in [3.8, 4) is 0 Å². The van der Waals surface area contributed by atoms with E-state index in [1.807, 2.05) is 0 Å². The zero-order valence-electron chi connectivity index (χ0n) is 7.49. The smallest absolute Gasteiger partial charge is 0.333 e. The maximum atomic E-state index is 10.7. The lowest BCUT2D eigenvalue weighted by molar-refractivity contribution is -0.181. The normalized spacial score (nSPS) is 11.2. The summed E-state index contributed by atoms with van der Waals surface area (Å²) in [5.74, 6) is -1.14. The Morgan fingerprint density at radius 1 is 1.38 bits per heavy atom. The van der Waals surface area contributed by atoms with E-state index in [1.54, 1.807) is 0 Å².